The summed E-state index contributed by atoms with van der Waals surface area (Å²) in [6.45, 7) is 5.87. The minimum atomic E-state index is -3.70. The second-order valence-corrected chi connectivity index (χ2v) is 10.2. The Bertz CT molecular complexity index is 986. The number of benzene rings is 2. The highest BCUT2D eigenvalue weighted by Crippen LogP contribution is 2.25. The van der Waals surface area contributed by atoms with Crippen molar-refractivity contribution in [1.29, 1.82) is 0 Å². The summed E-state index contributed by atoms with van der Waals surface area (Å²) >= 11 is 0. The summed E-state index contributed by atoms with van der Waals surface area (Å²) < 4.78 is 38.5. The van der Waals surface area contributed by atoms with E-state index in [9.17, 15) is 17.6 Å². The van der Waals surface area contributed by atoms with Crippen molar-refractivity contribution in [3.63, 3.8) is 0 Å². The molecule has 6 nitrogen and oxygen atoms in total. The third-order valence-electron chi connectivity index (χ3n) is 5.72. The predicted molar refractivity (Wildman–Crippen MR) is 122 cm³/mol. The smallest absolute Gasteiger partial charge is 0.241 e. The molecule has 1 aliphatic rings. The Hall–Kier alpha value is -2.61. The molecule has 0 aliphatic carbocycles. The molecule has 0 aromatic heterocycles. The van der Waals surface area contributed by atoms with Gasteiger partial charge >= 0.3 is 0 Å². The molecule has 1 amide bonds. The van der Waals surface area contributed by atoms with Gasteiger partial charge in [-0.3, -0.25) is 9.10 Å². The minimum Gasteiger partial charge on any atom is -0.372 e. The van der Waals surface area contributed by atoms with Crippen molar-refractivity contribution in [2.24, 2.45) is 5.92 Å². The molecule has 0 saturated carbocycles. The van der Waals surface area contributed by atoms with Gasteiger partial charge in [-0.1, -0.05) is 19.1 Å². The van der Waals surface area contributed by atoms with Crippen molar-refractivity contribution in [2.75, 3.05) is 35.1 Å². The van der Waals surface area contributed by atoms with Crippen LogP contribution in [0.3, 0.4) is 0 Å². The molecule has 0 spiro atoms. The van der Waals surface area contributed by atoms with Crippen LogP contribution in [0.5, 0.6) is 0 Å². The predicted octanol–water partition coefficient (Wildman–Crippen LogP) is 3.71. The average molecular weight is 448 g/mol. The number of nitrogens with one attached hydrogen (secondary N) is 1. The summed E-state index contributed by atoms with van der Waals surface area (Å²) in [5, 5.41) is 2.85. The number of halogens is 1. The van der Waals surface area contributed by atoms with E-state index in [2.05, 4.69) is 29.3 Å². The first-order valence-electron chi connectivity index (χ1n) is 10.5. The topological polar surface area (TPSA) is 69.7 Å². The summed E-state index contributed by atoms with van der Waals surface area (Å²) in [5.74, 6) is -0.138. The highest BCUT2D eigenvalue weighted by molar-refractivity contribution is 7.92. The first-order chi connectivity index (χ1) is 14.6. The molecule has 0 radical (unpaired) electrons. The third-order valence-corrected chi connectivity index (χ3v) is 6.86. The van der Waals surface area contributed by atoms with Gasteiger partial charge in [0.1, 0.15) is 12.4 Å². The van der Waals surface area contributed by atoms with E-state index in [0.717, 1.165) is 35.1 Å². The average Bonchev–Trinajstić information content (AvgIpc) is 2.73. The van der Waals surface area contributed by atoms with Gasteiger partial charge in [0.2, 0.25) is 15.9 Å². The van der Waals surface area contributed by atoms with Crippen molar-refractivity contribution >= 4 is 27.3 Å². The Morgan fingerprint density at radius 3 is 2.26 bits per heavy atom. The molecule has 2 aromatic carbocycles. The van der Waals surface area contributed by atoms with Crippen LogP contribution in [0.4, 0.5) is 15.8 Å². The highest BCUT2D eigenvalue weighted by atomic mass is 32.2. The Kier molecular flexibility index (Phi) is 7.20. The van der Waals surface area contributed by atoms with Crippen LogP contribution in [0.2, 0.25) is 0 Å². The van der Waals surface area contributed by atoms with Crippen LogP contribution in [0.25, 0.3) is 0 Å². The molecule has 1 fully saturated rings. The van der Waals surface area contributed by atoms with Crippen LogP contribution in [-0.4, -0.2) is 40.2 Å². The first-order valence-corrected chi connectivity index (χ1v) is 12.4. The second kappa shape index (κ2) is 9.68. The van der Waals surface area contributed by atoms with Gasteiger partial charge in [0.05, 0.1) is 18.0 Å². The fraction of sp³-hybridized carbons (Fsp3) is 0.435. The Balaban J connectivity index is 1.63. The maximum Gasteiger partial charge on any atom is 0.241 e. The van der Waals surface area contributed by atoms with Crippen LogP contribution in [0.1, 0.15) is 38.3 Å². The molecule has 0 bridgehead atoms. The van der Waals surface area contributed by atoms with Gasteiger partial charge in [-0.15, -0.1) is 0 Å². The van der Waals surface area contributed by atoms with Crippen LogP contribution in [0.15, 0.2) is 48.5 Å². The van der Waals surface area contributed by atoms with E-state index in [1.165, 1.54) is 42.8 Å². The summed E-state index contributed by atoms with van der Waals surface area (Å²) in [6, 6.07) is 12.8. The van der Waals surface area contributed by atoms with Crippen LogP contribution >= 0.6 is 0 Å². The molecule has 1 saturated heterocycles. The normalized spacial score (nSPS) is 16.1. The molecule has 1 heterocycles. The van der Waals surface area contributed by atoms with Crippen LogP contribution < -0.4 is 14.5 Å². The standard InChI is InChI=1S/C23H30FN3O3S/c1-17-12-14-26(15-13-17)21-8-4-19(5-9-21)18(2)25-23(28)16-27(31(3,29)30)22-10-6-20(24)7-11-22/h4-11,17-18H,12-16H2,1-3H3,(H,25,28)/t18-/m0/s1. The number of amides is 1. The van der Waals surface area contributed by atoms with Crippen LogP contribution in [0, 0.1) is 11.7 Å². The first kappa shape index (κ1) is 23.1. The number of hydrogen-bond donors (Lipinski definition) is 1. The minimum absolute atomic E-state index is 0.243. The molecule has 1 atom stereocenters. The molecule has 31 heavy (non-hydrogen) atoms. The summed E-state index contributed by atoms with van der Waals surface area (Å²) in [4.78, 5) is 14.9. The van der Waals surface area contributed by atoms with Gasteiger partial charge in [0, 0.05) is 18.8 Å². The van der Waals surface area contributed by atoms with E-state index in [-0.39, 0.29) is 18.3 Å². The van der Waals surface area contributed by atoms with Crippen molar-refractivity contribution in [1.82, 2.24) is 5.32 Å². The molecule has 168 valence electrons. The number of sulfonamides is 1. The SMILES string of the molecule is CC1CCN(c2ccc([C@H](C)NC(=O)CN(c3ccc(F)cc3)S(C)(=O)=O)cc2)CC1. The summed E-state index contributed by atoms with van der Waals surface area (Å²) in [6.07, 6.45) is 3.41. The second-order valence-electron chi connectivity index (χ2n) is 8.30. The number of rotatable bonds is 7. The zero-order valence-electron chi connectivity index (χ0n) is 18.2. The molecule has 3 rings (SSSR count). The Labute approximate surface area is 184 Å². The van der Waals surface area contributed by atoms with Gasteiger partial charge in [-0.25, -0.2) is 12.8 Å². The van der Waals surface area contributed by atoms with Gasteiger partial charge in [0.25, 0.3) is 0 Å². The summed E-state index contributed by atoms with van der Waals surface area (Å²) in [7, 11) is -3.70. The lowest BCUT2D eigenvalue weighted by molar-refractivity contribution is -0.120. The van der Waals surface area contributed by atoms with E-state index >= 15 is 0 Å². The number of nitrogens with zero attached hydrogens (tertiary/aromatic N) is 2. The van der Waals surface area contributed by atoms with Crippen molar-refractivity contribution in [3.05, 3.63) is 59.9 Å². The van der Waals surface area contributed by atoms with Gasteiger partial charge in [-0.05, 0) is 67.6 Å². The third kappa shape index (κ3) is 6.19. The summed E-state index contributed by atoms with van der Waals surface area (Å²) in [5.41, 5.74) is 2.36. The van der Waals surface area contributed by atoms with E-state index in [1.807, 2.05) is 19.1 Å². The fourth-order valence-corrected chi connectivity index (χ4v) is 4.61. The highest BCUT2D eigenvalue weighted by Gasteiger charge is 2.22. The Morgan fingerprint density at radius 2 is 1.71 bits per heavy atom. The van der Waals surface area contributed by atoms with Gasteiger partial charge in [0.15, 0.2) is 0 Å². The fourth-order valence-electron chi connectivity index (χ4n) is 3.75. The van der Waals surface area contributed by atoms with E-state index in [1.54, 1.807) is 0 Å². The molecule has 2 aromatic rings. The number of carbonyl (C=O) groups excluding carboxylic acids is 1. The maximum atomic E-state index is 13.2. The monoisotopic (exact) mass is 447 g/mol. The molecular weight excluding hydrogens is 417 g/mol. The zero-order valence-corrected chi connectivity index (χ0v) is 19.0. The number of hydrogen-bond acceptors (Lipinski definition) is 4. The number of piperidine rings is 1. The van der Waals surface area contributed by atoms with E-state index < -0.39 is 21.7 Å². The molecular formula is C23H30FN3O3S. The number of anilines is 2. The molecule has 1 aliphatic heterocycles. The molecule has 1 N–H and O–H groups in total. The molecule has 0 unspecified atom stereocenters. The number of carbonyl (C=O) groups is 1. The lowest BCUT2D eigenvalue weighted by atomic mass is 9.98. The van der Waals surface area contributed by atoms with Crippen molar-refractivity contribution < 1.29 is 17.6 Å². The maximum absolute atomic E-state index is 13.2. The zero-order chi connectivity index (χ0) is 22.6. The Morgan fingerprint density at radius 1 is 1.13 bits per heavy atom. The van der Waals surface area contributed by atoms with Crippen molar-refractivity contribution in [3.8, 4) is 0 Å². The largest absolute Gasteiger partial charge is 0.372 e. The van der Waals surface area contributed by atoms with Crippen molar-refractivity contribution in [2.45, 2.75) is 32.7 Å². The quantitative estimate of drug-likeness (QED) is 0.703. The van der Waals surface area contributed by atoms with E-state index in [0.29, 0.717) is 0 Å². The van der Waals surface area contributed by atoms with Crippen LogP contribution in [-0.2, 0) is 14.8 Å². The van der Waals surface area contributed by atoms with Gasteiger partial charge < -0.3 is 10.2 Å². The van der Waals surface area contributed by atoms with Gasteiger partial charge in [-0.2, -0.15) is 0 Å². The lowest BCUT2D eigenvalue weighted by Crippen LogP contribution is -2.41. The van der Waals surface area contributed by atoms with E-state index in [4.69, 9.17) is 0 Å². The molecule has 8 heteroatoms. The lowest BCUT2D eigenvalue weighted by Gasteiger charge is -2.32.